The predicted molar refractivity (Wildman–Crippen MR) is 60.7 cm³/mol. The van der Waals surface area contributed by atoms with E-state index in [1.54, 1.807) is 0 Å². The minimum absolute atomic E-state index is 0.158. The highest BCUT2D eigenvalue weighted by molar-refractivity contribution is 5.14. The molecule has 1 unspecified atom stereocenters. The number of aryl methyl sites for hydroxylation is 1. The SMILES string of the molecule is CCOC(C)(C)C(NC)c1cnn(C)c1. The van der Waals surface area contributed by atoms with E-state index in [-0.39, 0.29) is 11.6 Å². The number of rotatable bonds is 5. The normalized spacial score (nSPS) is 14.2. The third kappa shape index (κ3) is 2.79. The first-order valence-corrected chi connectivity index (χ1v) is 5.31. The van der Waals surface area contributed by atoms with Gasteiger partial charge in [0.2, 0.25) is 0 Å². The van der Waals surface area contributed by atoms with E-state index in [0.29, 0.717) is 6.61 Å². The van der Waals surface area contributed by atoms with Gasteiger partial charge in [-0.15, -0.1) is 0 Å². The van der Waals surface area contributed by atoms with E-state index in [2.05, 4.69) is 24.3 Å². The summed E-state index contributed by atoms with van der Waals surface area (Å²) in [7, 11) is 3.86. The zero-order valence-electron chi connectivity index (χ0n) is 10.2. The van der Waals surface area contributed by atoms with Gasteiger partial charge in [0.1, 0.15) is 0 Å². The highest BCUT2D eigenvalue weighted by Crippen LogP contribution is 2.28. The molecule has 1 heterocycles. The van der Waals surface area contributed by atoms with E-state index in [0.717, 1.165) is 5.56 Å². The van der Waals surface area contributed by atoms with Crippen LogP contribution in [-0.4, -0.2) is 29.0 Å². The molecule has 0 spiro atoms. The third-order valence-electron chi connectivity index (χ3n) is 2.56. The van der Waals surface area contributed by atoms with Crippen LogP contribution in [0.15, 0.2) is 12.4 Å². The average molecular weight is 211 g/mol. The van der Waals surface area contributed by atoms with E-state index in [1.807, 2.05) is 38.1 Å². The monoisotopic (exact) mass is 211 g/mol. The van der Waals surface area contributed by atoms with Crippen LogP contribution < -0.4 is 5.32 Å². The van der Waals surface area contributed by atoms with Crippen LogP contribution in [0.5, 0.6) is 0 Å². The third-order valence-corrected chi connectivity index (χ3v) is 2.56. The fourth-order valence-electron chi connectivity index (χ4n) is 1.96. The summed E-state index contributed by atoms with van der Waals surface area (Å²) in [5, 5.41) is 7.46. The topological polar surface area (TPSA) is 39.1 Å². The number of hydrogen-bond donors (Lipinski definition) is 1. The van der Waals surface area contributed by atoms with Crippen molar-refractivity contribution in [3.05, 3.63) is 18.0 Å². The van der Waals surface area contributed by atoms with Crippen LogP contribution in [0.25, 0.3) is 0 Å². The molecule has 0 bridgehead atoms. The summed E-state index contributed by atoms with van der Waals surface area (Å²) in [6.45, 7) is 6.90. The van der Waals surface area contributed by atoms with Gasteiger partial charge in [-0.2, -0.15) is 5.10 Å². The lowest BCUT2D eigenvalue weighted by Crippen LogP contribution is -2.40. The van der Waals surface area contributed by atoms with Gasteiger partial charge in [0.25, 0.3) is 0 Å². The summed E-state index contributed by atoms with van der Waals surface area (Å²) in [6, 6.07) is 0.158. The summed E-state index contributed by atoms with van der Waals surface area (Å²) < 4.78 is 7.55. The van der Waals surface area contributed by atoms with Crippen LogP contribution in [0.2, 0.25) is 0 Å². The molecule has 0 aliphatic heterocycles. The highest BCUT2D eigenvalue weighted by atomic mass is 16.5. The maximum Gasteiger partial charge on any atom is 0.0821 e. The molecule has 4 heteroatoms. The maximum absolute atomic E-state index is 5.75. The fraction of sp³-hybridized carbons (Fsp3) is 0.727. The standard InChI is InChI=1S/C11H21N3O/c1-6-15-11(2,3)10(12-4)9-7-13-14(5)8-9/h7-8,10,12H,6H2,1-5H3. The molecule has 0 aromatic carbocycles. The predicted octanol–water partition coefficient (Wildman–Crippen LogP) is 1.50. The van der Waals surface area contributed by atoms with Gasteiger partial charge in [0.15, 0.2) is 0 Å². The van der Waals surface area contributed by atoms with E-state index in [9.17, 15) is 0 Å². The van der Waals surface area contributed by atoms with E-state index in [1.165, 1.54) is 0 Å². The summed E-state index contributed by atoms with van der Waals surface area (Å²) in [4.78, 5) is 0. The van der Waals surface area contributed by atoms with Gasteiger partial charge < -0.3 is 10.1 Å². The molecule has 1 rings (SSSR count). The van der Waals surface area contributed by atoms with Gasteiger partial charge in [0.05, 0.1) is 17.8 Å². The Balaban J connectivity index is 2.88. The first-order valence-electron chi connectivity index (χ1n) is 5.31. The van der Waals surface area contributed by atoms with Crippen molar-refractivity contribution in [2.75, 3.05) is 13.7 Å². The van der Waals surface area contributed by atoms with Crippen LogP contribution in [0.1, 0.15) is 32.4 Å². The van der Waals surface area contributed by atoms with Crippen molar-refractivity contribution in [1.29, 1.82) is 0 Å². The number of nitrogens with one attached hydrogen (secondary N) is 1. The van der Waals surface area contributed by atoms with Gasteiger partial charge in [-0.1, -0.05) is 0 Å². The first-order chi connectivity index (χ1) is 7.01. The van der Waals surface area contributed by atoms with E-state index in [4.69, 9.17) is 4.74 Å². The van der Waals surface area contributed by atoms with Crippen molar-refractivity contribution in [3.8, 4) is 0 Å². The minimum Gasteiger partial charge on any atom is -0.374 e. The summed E-state index contributed by atoms with van der Waals surface area (Å²) >= 11 is 0. The van der Waals surface area contributed by atoms with E-state index < -0.39 is 0 Å². The molecule has 0 saturated carbocycles. The molecule has 86 valence electrons. The first kappa shape index (κ1) is 12.2. The minimum atomic E-state index is -0.230. The van der Waals surface area contributed by atoms with Crippen LogP contribution in [-0.2, 0) is 11.8 Å². The summed E-state index contributed by atoms with van der Waals surface area (Å²) in [5.74, 6) is 0. The van der Waals surface area contributed by atoms with Crippen LogP contribution >= 0.6 is 0 Å². The lowest BCUT2D eigenvalue weighted by Gasteiger charge is -2.33. The van der Waals surface area contributed by atoms with Crippen molar-refractivity contribution in [3.63, 3.8) is 0 Å². The Morgan fingerprint density at radius 1 is 1.60 bits per heavy atom. The van der Waals surface area contributed by atoms with Gasteiger partial charge in [-0.3, -0.25) is 4.68 Å². The van der Waals surface area contributed by atoms with Crippen molar-refractivity contribution in [2.24, 2.45) is 7.05 Å². The second kappa shape index (κ2) is 4.77. The molecule has 1 atom stereocenters. The number of hydrogen-bond acceptors (Lipinski definition) is 3. The number of ether oxygens (including phenoxy) is 1. The Kier molecular flexibility index (Phi) is 3.88. The summed E-state index contributed by atoms with van der Waals surface area (Å²) in [6.07, 6.45) is 3.89. The molecule has 0 radical (unpaired) electrons. The molecule has 1 N–H and O–H groups in total. The van der Waals surface area contributed by atoms with Crippen LogP contribution in [0.4, 0.5) is 0 Å². The number of aromatic nitrogens is 2. The Hall–Kier alpha value is -0.870. The van der Waals surface area contributed by atoms with Gasteiger partial charge in [0, 0.05) is 25.4 Å². The molecule has 15 heavy (non-hydrogen) atoms. The Labute approximate surface area is 91.6 Å². The van der Waals surface area contributed by atoms with Crippen LogP contribution in [0, 0.1) is 0 Å². The van der Waals surface area contributed by atoms with Gasteiger partial charge in [-0.05, 0) is 27.8 Å². The average Bonchev–Trinajstić information content (AvgIpc) is 2.52. The van der Waals surface area contributed by atoms with E-state index >= 15 is 0 Å². The van der Waals surface area contributed by atoms with Crippen molar-refractivity contribution >= 4 is 0 Å². The lowest BCUT2D eigenvalue weighted by molar-refractivity contribution is -0.0374. The van der Waals surface area contributed by atoms with Crippen molar-refractivity contribution in [2.45, 2.75) is 32.4 Å². The lowest BCUT2D eigenvalue weighted by atomic mass is 9.94. The molecular formula is C11H21N3O. The van der Waals surface area contributed by atoms with Gasteiger partial charge >= 0.3 is 0 Å². The molecule has 0 aliphatic rings. The fourth-order valence-corrected chi connectivity index (χ4v) is 1.96. The zero-order valence-corrected chi connectivity index (χ0v) is 10.2. The second-order valence-corrected chi connectivity index (χ2v) is 4.21. The summed E-state index contributed by atoms with van der Waals surface area (Å²) in [5.41, 5.74) is 0.922. The van der Waals surface area contributed by atoms with Gasteiger partial charge in [-0.25, -0.2) is 0 Å². The quantitative estimate of drug-likeness (QED) is 0.802. The molecule has 0 saturated heterocycles. The zero-order chi connectivity index (χ0) is 11.5. The molecule has 1 aromatic heterocycles. The molecule has 4 nitrogen and oxygen atoms in total. The largest absolute Gasteiger partial charge is 0.374 e. The maximum atomic E-state index is 5.75. The molecule has 0 aliphatic carbocycles. The molecule has 0 fully saturated rings. The van der Waals surface area contributed by atoms with Crippen LogP contribution in [0.3, 0.4) is 0 Å². The molecular weight excluding hydrogens is 190 g/mol. The molecule has 1 aromatic rings. The number of nitrogens with zero attached hydrogens (tertiary/aromatic N) is 2. The number of likely N-dealkylation sites (N-methyl/N-ethyl adjacent to an activating group) is 1. The molecule has 0 amide bonds. The van der Waals surface area contributed by atoms with Crippen molar-refractivity contribution < 1.29 is 4.74 Å². The second-order valence-electron chi connectivity index (χ2n) is 4.21. The smallest absolute Gasteiger partial charge is 0.0821 e. The highest BCUT2D eigenvalue weighted by Gasteiger charge is 2.30. The Morgan fingerprint density at radius 3 is 2.67 bits per heavy atom. The van der Waals surface area contributed by atoms with Crippen molar-refractivity contribution in [1.82, 2.24) is 15.1 Å². The Bertz CT molecular complexity index is 307. The Morgan fingerprint density at radius 2 is 2.27 bits per heavy atom.